The molecule has 1 aliphatic carbocycles. The van der Waals surface area contributed by atoms with E-state index in [0.29, 0.717) is 6.54 Å². The Hall–Kier alpha value is -1.42. The second kappa shape index (κ2) is 4.69. The number of thiazole rings is 1. The molecule has 1 aromatic carbocycles. The van der Waals surface area contributed by atoms with E-state index in [0.717, 1.165) is 23.4 Å². The van der Waals surface area contributed by atoms with E-state index in [-0.39, 0.29) is 17.7 Å². The second-order valence-corrected chi connectivity index (χ2v) is 6.00. The van der Waals surface area contributed by atoms with Crippen LogP contribution in [0, 0.1) is 5.92 Å². The number of fused-ring (bicyclic) bond motifs is 1. The van der Waals surface area contributed by atoms with Crippen LogP contribution >= 0.6 is 11.3 Å². The first kappa shape index (κ1) is 11.7. The fourth-order valence-corrected chi connectivity index (χ4v) is 2.95. The third-order valence-corrected chi connectivity index (χ3v) is 4.53. The molecule has 1 fully saturated rings. The minimum absolute atomic E-state index is 0.211. The summed E-state index contributed by atoms with van der Waals surface area (Å²) in [7, 11) is 0. The van der Waals surface area contributed by atoms with Crippen LogP contribution in [0.5, 0.6) is 0 Å². The van der Waals surface area contributed by atoms with Crippen molar-refractivity contribution < 1.29 is 4.79 Å². The topological polar surface area (TPSA) is 42.0 Å². The molecule has 0 aliphatic heterocycles. The number of nitrogens with zero attached hydrogens (tertiary/aromatic N) is 1. The Morgan fingerprint density at radius 1 is 1.50 bits per heavy atom. The Balaban J connectivity index is 1.67. The van der Waals surface area contributed by atoms with Gasteiger partial charge in [0.05, 0.1) is 15.2 Å². The Morgan fingerprint density at radius 2 is 2.28 bits per heavy atom. The van der Waals surface area contributed by atoms with Crippen molar-refractivity contribution in [1.29, 1.82) is 0 Å². The van der Waals surface area contributed by atoms with Gasteiger partial charge < -0.3 is 5.32 Å². The van der Waals surface area contributed by atoms with Crippen molar-refractivity contribution in [3.8, 4) is 0 Å². The fraction of sp³-hybridized carbons (Fsp3) is 0.429. The van der Waals surface area contributed by atoms with Crippen LogP contribution in [-0.4, -0.2) is 17.4 Å². The highest BCUT2D eigenvalue weighted by molar-refractivity contribution is 7.18. The Morgan fingerprint density at radius 3 is 3.00 bits per heavy atom. The van der Waals surface area contributed by atoms with Gasteiger partial charge >= 0.3 is 0 Å². The third-order valence-electron chi connectivity index (χ3n) is 3.26. The van der Waals surface area contributed by atoms with E-state index in [1.807, 2.05) is 18.2 Å². The monoisotopic (exact) mass is 260 g/mol. The van der Waals surface area contributed by atoms with Crippen molar-refractivity contribution in [3.05, 3.63) is 29.3 Å². The molecule has 1 unspecified atom stereocenters. The van der Waals surface area contributed by atoms with Crippen molar-refractivity contribution >= 4 is 27.5 Å². The number of rotatable bonds is 4. The maximum Gasteiger partial charge on any atom is 0.223 e. The van der Waals surface area contributed by atoms with E-state index in [1.54, 1.807) is 11.3 Å². The molecule has 0 spiro atoms. The molecule has 1 saturated carbocycles. The summed E-state index contributed by atoms with van der Waals surface area (Å²) >= 11 is 1.72. The van der Waals surface area contributed by atoms with Gasteiger partial charge in [0.1, 0.15) is 0 Å². The Labute approximate surface area is 110 Å². The van der Waals surface area contributed by atoms with E-state index in [4.69, 9.17) is 0 Å². The molecule has 94 valence electrons. The highest BCUT2D eigenvalue weighted by Crippen LogP contribution is 2.30. The summed E-state index contributed by atoms with van der Waals surface area (Å²) < 4.78 is 1.22. The first-order chi connectivity index (χ1) is 8.74. The zero-order valence-electron chi connectivity index (χ0n) is 10.3. The molecule has 1 atom stereocenters. The maximum atomic E-state index is 11.6. The van der Waals surface area contributed by atoms with E-state index >= 15 is 0 Å². The Kier molecular flexibility index (Phi) is 3.04. The van der Waals surface area contributed by atoms with Crippen molar-refractivity contribution in [3.63, 3.8) is 0 Å². The lowest BCUT2D eigenvalue weighted by atomic mass is 10.2. The number of para-hydroxylation sites is 1. The molecule has 3 rings (SSSR count). The second-order valence-electron chi connectivity index (χ2n) is 4.94. The lowest BCUT2D eigenvalue weighted by molar-refractivity contribution is -0.122. The number of aromatic nitrogens is 1. The Bertz CT molecular complexity index is 541. The summed E-state index contributed by atoms with van der Waals surface area (Å²) in [6, 6.07) is 8.16. The van der Waals surface area contributed by atoms with Crippen LogP contribution in [0.3, 0.4) is 0 Å². The zero-order valence-corrected chi connectivity index (χ0v) is 11.2. The minimum atomic E-state index is 0.211. The van der Waals surface area contributed by atoms with Crippen molar-refractivity contribution in [1.82, 2.24) is 10.3 Å². The van der Waals surface area contributed by atoms with Gasteiger partial charge in [-0.15, -0.1) is 11.3 Å². The van der Waals surface area contributed by atoms with E-state index in [1.165, 1.54) is 4.70 Å². The molecule has 0 bridgehead atoms. The molecule has 1 N–H and O–H groups in total. The van der Waals surface area contributed by atoms with Crippen LogP contribution < -0.4 is 5.32 Å². The van der Waals surface area contributed by atoms with Crippen LogP contribution in [0.2, 0.25) is 0 Å². The average Bonchev–Trinajstić information content (AvgIpc) is 3.14. The normalized spacial score (nSPS) is 16.7. The molecular formula is C14H16N2OS. The number of hydrogen-bond acceptors (Lipinski definition) is 3. The molecule has 18 heavy (non-hydrogen) atoms. The van der Waals surface area contributed by atoms with Crippen molar-refractivity contribution in [2.45, 2.75) is 25.7 Å². The highest BCUT2D eigenvalue weighted by atomic mass is 32.1. The third kappa shape index (κ3) is 2.38. The van der Waals surface area contributed by atoms with Gasteiger partial charge in [0.25, 0.3) is 0 Å². The van der Waals surface area contributed by atoms with Gasteiger partial charge in [-0.25, -0.2) is 4.98 Å². The summed E-state index contributed by atoms with van der Waals surface area (Å²) in [5.74, 6) is 0.778. The van der Waals surface area contributed by atoms with Gasteiger partial charge in [-0.05, 0) is 25.0 Å². The van der Waals surface area contributed by atoms with E-state index in [2.05, 4.69) is 23.3 Å². The van der Waals surface area contributed by atoms with Gasteiger partial charge in [-0.2, -0.15) is 0 Å². The van der Waals surface area contributed by atoms with Crippen LogP contribution in [0.4, 0.5) is 0 Å². The van der Waals surface area contributed by atoms with Gasteiger partial charge in [0.15, 0.2) is 0 Å². The standard InChI is InChI=1S/C14H16N2OS/c1-9(8-15-13(17)10-6-7-10)14-16-11-4-2-3-5-12(11)18-14/h2-5,9-10H,6-8H2,1H3,(H,15,17). The first-order valence-electron chi connectivity index (χ1n) is 6.37. The van der Waals surface area contributed by atoms with Crippen molar-refractivity contribution in [2.75, 3.05) is 6.54 Å². The lowest BCUT2D eigenvalue weighted by Gasteiger charge is -2.09. The zero-order chi connectivity index (χ0) is 12.5. The molecule has 2 aromatic rings. The molecule has 1 heterocycles. The average molecular weight is 260 g/mol. The van der Waals surface area contributed by atoms with Gasteiger partial charge in [-0.3, -0.25) is 4.79 Å². The first-order valence-corrected chi connectivity index (χ1v) is 7.19. The van der Waals surface area contributed by atoms with E-state index < -0.39 is 0 Å². The number of carbonyl (C=O) groups excluding carboxylic acids is 1. The summed E-state index contributed by atoms with van der Waals surface area (Å²) in [5.41, 5.74) is 1.05. The van der Waals surface area contributed by atoms with Crippen LogP contribution in [0.15, 0.2) is 24.3 Å². The molecule has 0 radical (unpaired) electrons. The largest absolute Gasteiger partial charge is 0.355 e. The van der Waals surface area contributed by atoms with Crippen LogP contribution in [-0.2, 0) is 4.79 Å². The predicted octanol–water partition coefficient (Wildman–Crippen LogP) is 2.93. The predicted molar refractivity (Wildman–Crippen MR) is 73.8 cm³/mol. The summed E-state index contributed by atoms with van der Waals surface area (Å²) in [4.78, 5) is 16.2. The van der Waals surface area contributed by atoms with Gasteiger partial charge in [0.2, 0.25) is 5.91 Å². The molecule has 1 aromatic heterocycles. The molecule has 4 heteroatoms. The van der Waals surface area contributed by atoms with E-state index in [9.17, 15) is 4.79 Å². The number of carbonyl (C=O) groups is 1. The summed E-state index contributed by atoms with van der Waals surface area (Å²) in [6.45, 7) is 2.81. The smallest absolute Gasteiger partial charge is 0.223 e. The van der Waals surface area contributed by atoms with Gasteiger partial charge in [-0.1, -0.05) is 19.1 Å². The minimum Gasteiger partial charge on any atom is -0.355 e. The quantitative estimate of drug-likeness (QED) is 0.918. The number of benzene rings is 1. The summed E-state index contributed by atoms with van der Waals surface area (Å²) in [6.07, 6.45) is 2.11. The lowest BCUT2D eigenvalue weighted by Crippen LogP contribution is -2.28. The van der Waals surface area contributed by atoms with Crippen molar-refractivity contribution in [2.24, 2.45) is 5.92 Å². The maximum absolute atomic E-state index is 11.6. The fourth-order valence-electron chi connectivity index (χ4n) is 1.93. The number of amides is 1. The van der Waals surface area contributed by atoms with Crippen LogP contribution in [0.25, 0.3) is 10.2 Å². The molecule has 1 amide bonds. The van der Waals surface area contributed by atoms with Gasteiger partial charge in [0, 0.05) is 18.4 Å². The SMILES string of the molecule is CC(CNC(=O)C1CC1)c1nc2ccccc2s1. The number of nitrogens with one attached hydrogen (secondary N) is 1. The molecule has 1 aliphatic rings. The number of hydrogen-bond donors (Lipinski definition) is 1. The molecule has 0 saturated heterocycles. The molecular weight excluding hydrogens is 244 g/mol. The van der Waals surface area contributed by atoms with Crippen LogP contribution in [0.1, 0.15) is 30.7 Å². The highest BCUT2D eigenvalue weighted by Gasteiger charge is 2.29. The summed E-state index contributed by atoms with van der Waals surface area (Å²) in [5, 5.41) is 4.12. The molecule has 3 nitrogen and oxygen atoms in total.